The number of rotatable bonds is 5. The van der Waals surface area contributed by atoms with E-state index in [2.05, 4.69) is 5.32 Å². The summed E-state index contributed by atoms with van der Waals surface area (Å²) >= 11 is 0. The molecular weight excluding hydrogens is 440 g/mol. The van der Waals surface area contributed by atoms with E-state index in [0.717, 1.165) is 30.3 Å². The average molecular weight is 471 g/mol. The predicted octanol–water partition coefficient (Wildman–Crippen LogP) is 1.94. The number of fused-ring (bicyclic) bond motifs is 1. The summed E-state index contributed by atoms with van der Waals surface area (Å²) in [5, 5.41) is 11.5. The van der Waals surface area contributed by atoms with Crippen LogP contribution >= 0.6 is 0 Å². The normalized spacial score (nSPS) is 23.1. The topological polar surface area (TPSA) is 123 Å². The number of likely N-dealkylation sites (tertiary alicyclic amines) is 1. The Bertz CT molecular complexity index is 1200. The molecule has 1 unspecified atom stereocenters. The van der Waals surface area contributed by atoms with Crippen molar-refractivity contribution in [3.8, 4) is 0 Å². The minimum atomic E-state index is -0.884. The van der Waals surface area contributed by atoms with Crippen LogP contribution in [-0.4, -0.2) is 61.8 Å². The van der Waals surface area contributed by atoms with E-state index in [1.165, 1.54) is 9.47 Å². The molecule has 2 N–H and O–H groups in total. The van der Waals surface area contributed by atoms with Gasteiger partial charge in [-0.3, -0.25) is 24.0 Å². The van der Waals surface area contributed by atoms with Gasteiger partial charge in [-0.05, 0) is 50.2 Å². The lowest BCUT2D eigenvalue weighted by Crippen LogP contribution is -2.48. The maximum atomic E-state index is 13.2. The minimum Gasteiger partial charge on any atom is -0.465 e. The van der Waals surface area contributed by atoms with E-state index in [9.17, 15) is 24.3 Å². The van der Waals surface area contributed by atoms with Crippen LogP contribution in [0.4, 0.5) is 4.79 Å². The number of imide groups is 1. The van der Waals surface area contributed by atoms with E-state index in [-0.39, 0.29) is 29.7 Å². The van der Waals surface area contributed by atoms with Gasteiger partial charge in [-0.2, -0.15) is 0 Å². The Kier molecular flexibility index (Phi) is 5.71. The SMILES string of the molecule is Cn1c(=O)n(C2CCC(=O)NC2=O)c2cccc(CC3(OC4CCN(C(=O)O)CC4)CCC3)c21. The van der Waals surface area contributed by atoms with E-state index in [1.807, 2.05) is 18.2 Å². The van der Waals surface area contributed by atoms with E-state index >= 15 is 0 Å². The molecule has 1 aliphatic carbocycles. The molecule has 182 valence electrons. The Labute approximate surface area is 196 Å². The van der Waals surface area contributed by atoms with Gasteiger partial charge in [0.1, 0.15) is 6.04 Å². The third-order valence-corrected chi connectivity index (χ3v) is 7.61. The first kappa shape index (κ1) is 22.6. The van der Waals surface area contributed by atoms with Crippen LogP contribution < -0.4 is 11.0 Å². The standard InChI is InChI=1S/C24H30N4O6/c1-26-20-15(14-24(10-3-11-24)34-16-8-12-27(13-9-16)23(32)33)4-2-5-17(20)28(22(26)31)18-6-7-19(29)25-21(18)30/h2,4-5,16,18H,3,6-14H2,1H3,(H,32,33)(H,25,29,30). The molecule has 2 saturated heterocycles. The number of aryl methyl sites for hydroxylation is 1. The highest BCUT2D eigenvalue weighted by Crippen LogP contribution is 2.42. The summed E-state index contributed by atoms with van der Waals surface area (Å²) in [6.07, 6.45) is 4.57. The van der Waals surface area contributed by atoms with Crippen molar-refractivity contribution in [2.75, 3.05) is 13.1 Å². The molecular formula is C24H30N4O6. The lowest BCUT2D eigenvalue weighted by atomic mass is 9.75. The van der Waals surface area contributed by atoms with Gasteiger partial charge < -0.3 is 14.7 Å². The number of carbonyl (C=O) groups is 3. The Morgan fingerprint density at radius 3 is 2.53 bits per heavy atom. The van der Waals surface area contributed by atoms with Crippen LogP contribution in [0, 0.1) is 0 Å². The van der Waals surface area contributed by atoms with Gasteiger partial charge in [-0.15, -0.1) is 0 Å². The molecule has 1 atom stereocenters. The van der Waals surface area contributed by atoms with Crippen molar-refractivity contribution >= 4 is 28.9 Å². The van der Waals surface area contributed by atoms with Gasteiger partial charge in [-0.1, -0.05) is 12.1 Å². The number of carboxylic acid groups (broad SMARTS) is 1. The molecule has 3 fully saturated rings. The van der Waals surface area contributed by atoms with Crippen molar-refractivity contribution in [1.82, 2.24) is 19.4 Å². The monoisotopic (exact) mass is 470 g/mol. The van der Waals surface area contributed by atoms with Crippen LogP contribution in [0.25, 0.3) is 11.0 Å². The molecule has 1 aromatic heterocycles. The number of ether oxygens (including phenoxy) is 1. The number of piperidine rings is 2. The van der Waals surface area contributed by atoms with Gasteiger partial charge in [0.2, 0.25) is 11.8 Å². The average Bonchev–Trinajstić information content (AvgIpc) is 3.04. The zero-order valence-electron chi connectivity index (χ0n) is 19.3. The fourth-order valence-corrected chi connectivity index (χ4v) is 5.67. The van der Waals surface area contributed by atoms with Gasteiger partial charge in [0.15, 0.2) is 0 Å². The molecule has 34 heavy (non-hydrogen) atoms. The maximum Gasteiger partial charge on any atom is 0.407 e. The molecule has 0 bridgehead atoms. The van der Waals surface area contributed by atoms with Crippen molar-refractivity contribution < 1.29 is 24.2 Å². The summed E-state index contributed by atoms with van der Waals surface area (Å²) in [5.41, 5.74) is 1.86. The van der Waals surface area contributed by atoms with Gasteiger partial charge in [0.25, 0.3) is 0 Å². The van der Waals surface area contributed by atoms with Gasteiger partial charge >= 0.3 is 11.8 Å². The summed E-state index contributed by atoms with van der Waals surface area (Å²) < 4.78 is 9.70. The zero-order chi connectivity index (χ0) is 24.0. The Balaban J connectivity index is 1.42. The summed E-state index contributed by atoms with van der Waals surface area (Å²) in [6.45, 7) is 0.962. The second-order valence-corrected chi connectivity index (χ2v) is 9.76. The molecule has 1 saturated carbocycles. The van der Waals surface area contributed by atoms with Gasteiger partial charge in [-0.25, -0.2) is 9.59 Å². The van der Waals surface area contributed by atoms with Gasteiger partial charge in [0.05, 0.1) is 22.7 Å². The van der Waals surface area contributed by atoms with E-state index in [4.69, 9.17) is 4.74 Å². The van der Waals surface area contributed by atoms with Crippen LogP contribution in [0.1, 0.15) is 56.6 Å². The number of aromatic nitrogens is 2. The van der Waals surface area contributed by atoms with E-state index < -0.39 is 18.0 Å². The zero-order valence-corrected chi connectivity index (χ0v) is 19.3. The van der Waals surface area contributed by atoms with Crippen molar-refractivity contribution in [1.29, 1.82) is 0 Å². The molecule has 2 aliphatic heterocycles. The highest BCUT2D eigenvalue weighted by molar-refractivity contribution is 6.00. The number of hydrogen-bond donors (Lipinski definition) is 2. The predicted molar refractivity (Wildman–Crippen MR) is 123 cm³/mol. The Hall–Kier alpha value is -3.14. The third-order valence-electron chi connectivity index (χ3n) is 7.61. The molecule has 5 rings (SSSR count). The summed E-state index contributed by atoms with van der Waals surface area (Å²) in [4.78, 5) is 49.9. The molecule has 1 aromatic carbocycles. The number of carbonyl (C=O) groups excluding carboxylic acids is 2. The molecule has 0 spiro atoms. The first-order valence-electron chi connectivity index (χ1n) is 12.0. The number of nitrogens with one attached hydrogen (secondary N) is 1. The molecule has 2 aromatic rings. The van der Waals surface area contributed by atoms with Crippen LogP contribution in [0.5, 0.6) is 0 Å². The molecule has 3 heterocycles. The summed E-state index contributed by atoms with van der Waals surface area (Å²) in [7, 11) is 1.71. The number of para-hydroxylation sites is 1. The largest absolute Gasteiger partial charge is 0.465 e. The smallest absolute Gasteiger partial charge is 0.407 e. The van der Waals surface area contributed by atoms with Crippen LogP contribution in [0.2, 0.25) is 0 Å². The number of nitrogens with zero attached hydrogens (tertiary/aromatic N) is 3. The van der Waals surface area contributed by atoms with Crippen molar-refractivity contribution in [2.24, 2.45) is 7.05 Å². The third kappa shape index (κ3) is 3.89. The fourth-order valence-electron chi connectivity index (χ4n) is 5.67. The highest BCUT2D eigenvalue weighted by atomic mass is 16.5. The Morgan fingerprint density at radius 1 is 1.18 bits per heavy atom. The minimum absolute atomic E-state index is 0.0204. The molecule has 3 aliphatic rings. The highest BCUT2D eigenvalue weighted by Gasteiger charge is 2.42. The van der Waals surface area contributed by atoms with Crippen LogP contribution in [0.3, 0.4) is 0 Å². The molecule has 0 radical (unpaired) electrons. The molecule has 10 heteroatoms. The van der Waals surface area contributed by atoms with E-state index in [1.54, 1.807) is 11.6 Å². The quantitative estimate of drug-likeness (QED) is 0.644. The summed E-state index contributed by atoms with van der Waals surface area (Å²) in [5.74, 6) is -0.753. The number of benzene rings is 1. The van der Waals surface area contributed by atoms with Crippen molar-refractivity contribution in [3.63, 3.8) is 0 Å². The van der Waals surface area contributed by atoms with E-state index in [0.29, 0.717) is 44.3 Å². The van der Waals surface area contributed by atoms with Crippen molar-refractivity contribution in [3.05, 3.63) is 34.2 Å². The number of imidazole rings is 1. The lowest BCUT2D eigenvalue weighted by molar-refractivity contribution is -0.149. The first-order valence-corrected chi connectivity index (χ1v) is 12.0. The Morgan fingerprint density at radius 2 is 1.91 bits per heavy atom. The van der Waals surface area contributed by atoms with Crippen LogP contribution in [0.15, 0.2) is 23.0 Å². The maximum absolute atomic E-state index is 13.2. The van der Waals surface area contributed by atoms with Gasteiger partial charge in [0, 0.05) is 33.0 Å². The number of hydrogen-bond acceptors (Lipinski definition) is 5. The second-order valence-electron chi connectivity index (χ2n) is 9.76. The summed E-state index contributed by atoms with van der Waals surface area (Å²) in [6, 6.07) is 5.04. The molecule has 3 amide bonds. The second kappa shape index (κ2) is 8.57. The molecule has 10 nitrogen and oxygen atoms in total. The lowest BCUT2D eigenvalue weighted by Gasteiger charge is -2.46. The number of amides is 3. The van der Waals surface area contributed by atoms with Crippen molar-refractivity contribution in [2.45, 2.75) is 69.1 Å². The fraction of sp³-hybridized carbons (Fsp3) is 0.583. The first-order chi connectivity index (χ1) is 16.3. The van der Waals surface area contributed by atoms with Crippen LogP contribution in [-0.2, 0) is 27.8 Å².